The highest BCUT2D eigenvalue weighted by molar-refractivity contribution is 7.87. The number of nitrogens with one attached hydrogen (secondary N) is 1. The van der Waals surface area contributed by atoms with Crippen molar-refractivity contribution < 1.29 is 13.2 Å². The summed E-state index contributed by atoms with van der Waals surface area (Å²) < 4.78 is 33.6. The molecule has 8 nitrogen and oxygen atoms in total. The van der Waals surface area contributed by atoms with Crippen molar-refractivity contribution in [3.05, 3.63) is 18.1 Å². The Morgan fingerprint density at radius 2 is 1.91 bits per heavy atom. The smallest absolute Gasteiger partial charge is 0.279 e. The standard InChI is InChI=1S/C13H21N5O3S/c19-22(20,18-5-1-2-6-18)15-11-12-14-4-3-13(16-12)17-7-9-21-10-8-17/h3-4,15H,1-2,5-11H2. The van der Waals surface area contributed by atoms with E-state index in [4.69, 9.17) is 4.74 Å². The van der Waals surface area contributed by atoms with Crippen LogP contribution < -0.4 is 9.62 Å². The average molecular weight is 327 g/mol. The van der Waals surface area contributed by atoms with Crippen molar-refractivity contribution in [1.82, 2.24) is 19.0 Å². The van der Waals surface area contributed by atoms with Gasteiger partial charge in [0.25, 0.3) is 10.2 Å². The molecule has 0 atom stereocenters. The molecule has 0 radical (unpaired) electrons. The molecular weight excluding hydrogens is 306 g/mol. The van der Waals surface area contributed by atoms with Gasteiger partial charge in [-0.25, -0.2) is 9.97 Å². The summed E-state index contributed by atoms with van der Waals surface area (Å²) in [5.74, 6) is 1.29. The number of anilines is 1. The van der Waals surface area contributed by atoms with Crippen molar-refractivity contribution in [3.8, 4) is 0 Å². The number of hydrogen-bond acceptors (Lipinski definition) is 6. The highest BCUT2D eigenvalue weighted by Gasteiger charge is 2.25. The Hall–Kier alpha value is -1.29. The maximum atomic E-state index is 12.1. The van der Waals surface area contributed by atoms with E-state index in [0.717, 1.165) is 31.7 Å². The van der Waals surface area contributed by atoms with Gasteiger partial charge < -0.3 is 9.64 Å². The van der Waals surface area contributed by atoms with Gasteiger partial charge in [0.15, 0.2) is 0 Å². The van der Waals surface area contributed by atoms with Crippen LogP contribution in [0, 0.1) is 0 Å². The van der Waals surface area contributed by atoms with E-state index < -0.39 is 10.2 Å². The lowest BCUT2D eigenvalue weighted by atomic mass is 10.4. The third-order valence-electron chi connectivity index (χ3n) is 3.84. The van der Waals surface area contributed by atoms with Crippen LogP contribution in [0.15, 0.2) is 12.3 Å². The van der Waals surface area contributed by atoms with Gasteiger partial charge >= 0.3 is 0 Å². The molecule has 2 aliphatic heterocycles. The molecule has 0 bridgehead atoms. The van der Waals surface area contributed by atoms with E-state index in [1.54, 1.807) is 6.20 Å². The van der Waals surface area contributed by atoms with Crippen molar-refractivity contribution in [1.29, 1.82) is 0 Å². The topological polar surface area (TPSA) is 87.7 Å². The van der Waals surface area contributed by atoms with Gasteiger partial charge in [-0.05, 0) is 18.9 Å². The molecule has 1 N–H and O–H groups in total. The fourth-order valence-corrected chi connectivity index (χ4v) is 3.85. The third-order valence-corrected chi connectivity index (χ3v) is 5.40. The van der Waals surface area contributed by atoms with E-state index in [0.29, 0.717) is 32.1 Å². The minimum atomic E-state index is -3.43. The summed E-state index contributed by atoms with van der Waals surface area (Å²) in [7, 11) is -3.43. The zero-order valence-electron chi connectivity index (χ0n) is 12.4. The Labute approximate surface area is 130 Å². The Morgan fingerprint density at radius 1 is 1.18 bits per heavy atom. The maximum absolute atomic E-state index is 12.1. The van der Waals surface area contributed by atoms with Gasteiger partial charge in [-0.1, -0.05) is 0 Å². The summed E-state index contributed by atoms with van der Waals surface area (Å²) in [4.78, 5) is 10.7. The monoisotopic (exact) mass is 327 g/mol. The van der Waals surface area contributed by atoms with Crippen molar-refractivity contribution in [2.75, 3.05) is 44.3 Å². The fraction of sp³-hybridized carbons (Fsp3) is 0.692. The molecule has 2 aliphatic rings. The number of ether oxygens (including phenoxy) is 1. The minimum absolute atomic E-state index is 0.108. The van der Waals surface area contributed by atoms with Crippen molar-refractivity contribution >= 4 is 16.0 Å². The van der Waals surface area contributed by atoms with Crippen molar-refractivity contribution in [2.24, 2.45) is 0 Å². The van der Waals surface area contributed by atoms with Crippen LogP contribution in [0.3, 0.4) is 0 Å². The summed E-state index contributed by atoms with van der Waals surface area (Å²) in [6.07, 6.45) is 3.51. The third kappa shape index (κ3) is 3.72. The van der Waals surface area contributed by atoms with Gasteiger partial charge in [0.1, 0.15) is 11.6 Å². The van der Waals surface area contributed by atoms with Crippen molar-refractivity contribution in [2.45, 2.75) is 19.4 Å². The summed E-state index contributed by atoms with van der Waals surface area (Å²) in [6, 6.07) is 1.84. The number of nitrogens with zero attached hydrogens (tertiary/aromatic N) is 4. The number of hydrogen-bond donors (Lipinski definition) is 1. The van der Waals surface area contributed by atoms with Crippen LogP contribution in [0.4, 0.5) is 5.82 Å². The molecular formula is C13H21N5O3S. The van der Waals surface area contributed by atoms with Crippen LogP contribution in [-0.4, -0.2) is 62.1 Å². The highest BCUT2D eigenvalue weighted by Crippen LogP contribution is 2.13. The molecule has 9 heteroatoms. The number of aromatic nitrogens is 2. The first-order chi connectivity index (χ1) is 10.6. The number of rotatable bonds is 5. The predicted molar refractivity (Wildman–Crippen MR) is 81.6 cm³/mol. The molecule has 22 heavy (non-hydrogen) atoms. The van der Waals surface area contributed by atoms with Crippen LogP contribution in [-0.2, 0) is 21.5 Å². The SMILES string of the molecule is O=S(=O)(NCc1nccc(N2CCOCC2)n1)N1CCCC1. The lowest BCUT2D eigenvalue weighted by Crippen LogP contribution is -2.39. The number of morpholine rings is 1. The molecule has 0 aromatic carbocycles. The summed E-state index contributed by atoms with van der Waals surface area (Å²) in [6.45, 7) is 4.22. The second kappa shape index (κ2) is 6.86. The van der Waals surface area contributed by atoms with E-state index in [1.807, 2.05) is 6.07 Å². The van der Waals surface area contributed by atoms with Crippen LogP contribution in [0.25, 0.3) is 0 Å². The van der Waals surface area contributed by atoms with Gasteiger partial charge in [0, 0.05) is 32.4 Å². The molecule has 2 saturated heterocycles. The summed E-state index contributed by atoms with van der Waals surface area (Å²) >= 11 is 0. The van der Waals surface area contributed by atoms with E-state index >= 15 is 0 Å². The van der Waals surface area contributed by atoms with Gasteiger partial charge in [-0.3, -0.25) is 0 Å². The van der Waals surface area contributed by atoms with Crippen LogP contribution in [0.1, 0.15) is 18.7 Å². The molecule has 1 aromatic heterocycles. The molecule has 122 valence electrons. The quantitative estimate of drug-likeness (QED) is 0.802. The van der Waals surface area contributed by atoms with E-state index in [1.165, 1.54) is 4.31 Å². The normalized spacial score (nSPS) is 20.5. The maximum Gasteiger partial charge on any atom is 0.279 e. The van der Waals surface area contributed by atoms with Gasteiger partial charge in [-0.15, -0.1) is 0 Å². The first kappa shape index (κ1) is 15.6. The average Bonchev–Trinajstić information content (AvgIpc) is 3.10. The highest BCUT2D eigenvalue weighted by atomic mass is 32.2. The van der Waals surface area contributed by atoms with Crippen LogP contribution >= 0.6 is 0 Å². The Morgan fingerprint density at radius 3 is 2.64 bits per heavy atom. The summed E-state index contributed by atoms with van der Waals surface area (Å²) in [5.41, 5.74) is 0. The Bertz CT molecular complexity index is 597. The molecule has 2 fully saturated rings. The van der Waals surface area contributed by atoms with Crippen LogP contribution in [0.2, 0.25) is 0 Å². The second-order valence-electron chi connectivity index (χ2n) is 5.36. The zero-order chi connectivity index (χ0) is 15.4. The van der Waals surface area contributed by atoms with Gasteiger partial charge in [-0.2, -0.15) is 17.4 Å². The Kier molecular flexibility index (Phi) is 4.87. The molecule has 0 spiro atoms. The molecule has 0 amide bonds. The zero-order valence-corrected chi connectivity index (χ0v) is 13.3. The second-order valence-corrected chi connectivity index (χ2v) is 7.12. The van der Waals surface area contributed by atoms with E-state index in [9.17, 15) is 8.42 Å². The molecule has 3 rings (SSSR count). The van der Waals surface area contributed by atoms with Crippen LogP contribution in [0.5, 0.6) is 0 Å². The largest absolute Gasteiger partial charge is 0.378 e. The van der Waals surface area contributed by atoms with Gasteiger partial charge in [0.05, 0.1) is 19.8 Å². The van der Waals surface area contributed by atoms with E-state index in [-0.39, 0.29) is 6.54 Å². The molecule has 3 heterocycles. The first-order valence-electron chi connectivity index (χ1n) is 7.54. The van der Waals surface area contributed by atoms with E-state index in [2.05, 4.69) is 19.6 Å². The molecule has 0 saturated carbocycles. The summed E-state index contributed by atoms with van der Waals surface area (Å²) in [5, 5.41) is 0. The first-order valence-corrected chi connectivity index (χ1v) is 8.98. The predicted octanol–water partition coefficient (Wildman–Crippen LogP) is -0.257. The molecule has 1 aromatic rings. The lowest BCUT2D eigenvalue weighted by molar-refractivity contribution is 0.122. The minimum Gasteiger partial charge on any atom is -0.378 e. The fourth-order valence-electron chi connectivity index (χ4n) is 2.62. The lowest BCUT2D eigenvalue weighted by Gasteiger charge is -2.27. The molecule has 0 unspecified atom stereocenters. The Balaban J connectivity index is 1.62. The van der Waals surface area contributed by atoms with Gasteiger partial charge in [0.2, 0.25) is 0 Å². The molecule has 0 aliphatic carbocycles. The van der Waals surface area contributed by atoms with Crippen molar-refractivity contribution in [3.63, 3.8) is 0 Å².